The van der Waals surface area contributed by atoms with Crippen LogP contribution in [0, 0.1) is 0 Å². The highest BCUT2D eigenvalue weighted by atomic mass is 16.5. The Morgan fingerprint density at radius 1 is 0.389 bits per heavy atom. The second kappa shape index (κ2) is 61.1. The van der Waals surface area contributed by atoms with Crippen LogP contribution in [0.2, 0.25) is 0 Å². The summed E-state index contributed by atoms with van der Waals surface area (Å²) in [5, 5.41) is 23.0. The van der Waals surface area contributed by atoms with Crippen molar-refractivity contribution < 1.29 is 24.5 Å². The molecule has 0 aromatic rings. The molecule has 2 unspecified atom stereocenters. The molecule has 1 amide bonds. The van der Waals surface area contributed by atoms with Crippen molar-refractivity contribution in [1.29, 1.82) is 0 Å². The first kappa shape index (κ1) is 69.6. The summed E-state index contributed by atoms with van der Waals surface area (Å²) < 4.78 is 5.46. The Kier molecular flexibility index (Phi) is 59.0. The number of allylic oxidation sites excluding steroid dienone is 9. The van der Waals surface area contributed by atoms with Crippen molar-refractivity contribution in [2.75, 3.05) is 13.2 Å². The van der Waals surface area contributed by atoms with Crippen LogP contribution in [0.1, 0.15) is 322 Å². The Labute approximate surface area is 448 Å². The Balaban J connectivity index is 3.40. The van der Waals surface area contributed by atoms with E-state index in [1.165, 1.54) is 238 Å². The van der Waals surface area contributed by atoms with Gasteiger partial charge >= 0.3 is 5.97 Å². The van der Waals surface area contributed by atoms with E-state index in [1.807, 2.05) is 6.08 Å². The van der Waals surface area contributed by atoms with E-state index in [-0.39, 0.29) is 18.5 Å². The Bertz CT molecular complexity index is 1250. The third kappa shape index (κ3) is 56.8. The van der Waals surface area contributed by atoms with Gasteiger partial charge in [-0.3, -0.25) is 9.59 Å². The van der Waals surface area contributed by atoms with Crippen LogP contribution in [0.15, 0.2) is 60.8 Å². The summed E-state index contributed by atoms with van der Waals surface area (Å²) >= 11 is 0. The molecular weight excluding hydrogens is 887 g/mol. The molecule has 2 atom stereocenters. The molecule has 0 aliphatic rings. The van der Waals surface area contributed by atoms with Crippen LogP contribution in [-0.2, 0) is 14.3 Å². The van der Waals surface area contributed by atoms with Crippen LogP contribution in [-0.4, -0.2) is 47.4 Å². The number of carbonyl (C=O) groups excluding carboxylic acids is 2. The van der Waals surface area contributed by atoms with Crippen LogP contribution in [0.4, 0.5) is 0 Å². The molecule has 0 saturated heterocycles. The molecule has 0 fully saturated rings. The highest BCUT2D eigenvalue weighted by Gasteiger charge is 2.18. The summed E-state index contributed by atoms with van der Waals surface area (Å²) in [6, 6.07) is -0.627. The third-order valence-electron chi connectivity index (χ3n) is 14.2. The van der Waals surface area contributed by atoms with E-state index in [4.69, 9.17) is 4.74 Å². The smallest absolute Gasteiger partial charge is 0.305 e. The molecule has 0 aromatic heterocycles. The van der Waals surface area contributed by atoms with E-state index in [0.717, 1.165) is 57.8 Å². The van der Waals surface area contributed by atoms with Crippen molar-refractivity contribution in [2.45, 2.75) is 334 Å². The lowest BCUT2D eigenvalue weighted by molar-refractivity contribution is -0.143. The van der Waals surface area contributed by atoms with Crippen molar-refractivity contribution in [2.24, 2.45) is 0 Å². The zero-order valence-electron chi connectivity index (χ0n) is 47.9. The fourth-order valence-corrected chi connectivity index (χ4v) is 9.41. The molecule has 0 aliphatic heterocycles. The minimum Gasteiger partial charge on any atom is -0.466 e. The van der Waals surface area contributed by atoms with Crippen LogP contribution in [0.25, 0.3) is 0 Å². The molecule has 0 saturated carbocycles. The average Bonchev–Trinajstić information content (AvgIpc) is 3.38. The maximum atomic E-state index is 12.4. The molecular formula is C66H121NO5. The number of rotatable bonds is 58. The van der Waals surface area contributed by atoms with Crippen LogP contribution < -0.4 is 5.32 Å². The second-order valence-electron chi connectivity index (χ2n) is 21.4. The number of nitrogens with one attached hydrogen (secondary N) is 1. The number of amides is 1. The van der Waals surface area contributed by atoms with Gasteiger partial charge in [0.1, 0.15) is 0 Å². The zero-order valence-corrected chi connectivity index (χ0v) is 47.9. The topological polar surface area (TPSA) is 95.9 Å². The summed E-state index contributed by atoms with van der Waals surface area (Å²) in [6.45, 7) is 4.82. The third-order valence-corrected chi connectivity index (χ3v) is 14.2. The number of carbonyl (C=O) groups is 2. The van der Waals surface area contributed by atoms with Gasteiger partial charge in [-0.1, -0.05) is 280 Å². The fourth-order valence-electron chi connectivity index (χ4n) is 9.41. The highest BCUT2D eigenvalue weighted by Crippen LogP contribution is 2.17. The second-order valence-corrected chi connectivity index (χ2v) is 21.4. The molecule has 3 N–H and O–H groups in total. The molecule has 0 aromatic carbocycles. The SMILES string of the molecule is CCC/C=C\C/C=C\CCCCCCCC(=O)OCCCCCCCCCCC/C=C\C/C=C\CCCCCCCCCCCCCCCCCC(=O)NC(CO)C(O)/C=C/CCCCCCCCCCC. The molecule has 72 heavy (non-hydrogen) atoms. The monoisotopic (exact) mass is 1010 g/mol. The average molecular weight is 1010 g/mol. The summed E-state index contributed by atoms with van der Waals surface area (Å²) in [4.78, 5) is 24.4. The molecule has 0 spiro atoms. The van der Waals surface area contributed by atoms with E-state index in [2.05, 4.69) is 67.8 Å². The number of ether oxygens (including phenoxy) is 1. The Morgan fingerprint density at radius 2 is 0.722 bits per heavy atom. The molecule has 0 heterocycles. The minimum absolute atomic E-state index is 0.00320. The zero-order chi connectivity index (χ0) is 52.2. The lowest BCUT2D eigenvalue weighted by atomic mass is 10.0. The number of aliphatic hydroxyl groups excluding tert-OH is 2. The first-order valence-electron chi connectivity index (χ1n) is 31.6. The standard InChI is InChI=1S/C66H121NO5/c1-3-5-7-9-11-13-15-35-40-44-48-52-56-60-66(71)72-61-57-53-49-45-41-37-34-32-30-28-26-24-22-20-18-16-17-19-21-23-25-27-29-31-33-36-39-43-47-51-55-59-65(70)67-63(62-68)64(69)58-54-50-46-42-38-14-12-10-8-6-4-2/h7,9,13,15,18,20,24,26,54,58,63-64,68-69H,3-6,8,10-12,14,16-17,19,21-23,25,27-53,55-57,59-62H2,1-2H3,(H,67,70)/b9-7-,15-13-,20-18-,26-24-,58-54+. The summed E-state index contributed by atoms with van der Waals surface area (Å²) in [5.74, 6) is -0.0720. The molecule has 0 aliphatic carbocycles. The summed E-state index contributed by atoms with van der Waals surface area (Å²) in [5.41, 5.74) is 0. The summed E-state index contributed by atoms with van der Waals surface area (Å²) in [7, 11) is 0. The van der Waals surface area contributed by atoms with Gasteiger partial charge in [0.05, 0.1) is 25.4 Å². The summed E-state index contributed by atoms with van der Waals surface area (Å²) in [6.07, 6.45) is 79.9. The maximum Gasteiger partial charge on any atom is 0.305 e. The van der Waals surface area contributed by atoms with Crippen LogP contribution in [0.3, 0.4) is 0 Å². The van der Waals surface area contributed by atoms with E-state index < -0.39 is 12.1 Å². The molecule has 6 heteroatoms. The van der Waals surface area contributed by atoms with Crippen molar-refractivity contribution in [1.82, 2.24) is 5.32 Å². The molecule has 6 nitrogen and oxygen atoms in total. The number of hydrogen-bond donors (Lipinski definition) is 3. The fraction of sp³-hybridized carbons (Fsp3) is 0.818. The largest absolute Gasteiger partial charge is 0.466 e. The molecule has 0 rings (SSSR count). The number of aliphatic hydroxyl groups is 2. The number of esters is 1. The van der Waals surface area contributed by atoms with Crippen LogP contribution >= 0.6 is 0 Å². The van der Waals surface area contributed by atoms with E-state index in [1.54, 1.807) is 6.08 Å². The quantitative estimate of drug-likeness (QED) is 0.0320. The van der Waals surface area contributed by atoms with Gasteiger partial charge in [0, 0.05) is 12.8 Å². The van der Waals surface area contributed by atoms with Gasteiger partial charge in [-0.15, -0.1) is 0 Å². The Morgan fingerprint density at radius 3 is 1.11 bits per heavy atom. The molecule has 0 bridgehead atoms. The van der Waals surface area contributed by atoms with Crippen molar-refractivity contribution in [3.8, 4) is 0 Å². The van der Waals surface area contributed by atoms with Crippen molar-refractivity contribution in [3.63, 3.8) is 0 Å². The van der Waals surface area contributed by atoms with E-state index in [0.29, 0.717) is 19.4 Å². The maximum absolute atomic E-state index is 12.4. The van der Waals surface area contributed by atoms with Gasteiger partial charge in [0.15, 0.2) is 0 Å². The van der Waals surface area contributed by atoms with Gasteiger partial charge in [0.25, 0.3) is 0 Å². The first-order valence-corrected chi connectivity index (χ1v) is 31.6. The number of unbranched alkanes of at least 4 members (excludes halogenated alkanes) is 39. The van der Waals surface area contributed by atoms with Gasteiger partial charge in [-0.25, -0.2) is 0 Å². The van der Waals surface area contributed by atoms with Crippen molar-refractivity contribution >= 4 is 11.9 Å². The van der Waals surface area contributed by atoms with E-state index in [9.17, 15) is 19.8 Å². The molecule has 0 radical (unpaired) electrons. The predicted molar refractivity (Wildman–Crippen MR) is 315 cm³/mol. The predicted octanol–water partition coefficient (Wildman–Crippen LogP) is 19.9. The van der Waals surface area contributed by atoms with E-state index >= 15 is 0 Å². The van der Waals surface area contributed by atoms with Gasteiger partial charge < -0.3 is 20.3 Å². The van der Waals surface area contributed by atoms with Gasteiger partial charge in [0.2, 0.25) is 5.91 Å². The number of hydrogen-bond acceptors (Lipinski definition) is 5. The lowest BCUT2D eigenvalue weighted by Crippen LogP contribution is -2.45. The normalized spacial score (nSPS) is 13.0. The van der Waals surface area contributed by atoms with Gasteiger partial charge in [-0.2, -0.15) is 0 Å². The highest BCUT2D eigenvalue weighted by molar-refractivity contribution is 5.76. The lowest BCUT2D eigenvalue weighted by Gasteiger charge is -2.20. The first-order chi connectivity index (χ1) is 35.5. The minimum atomic E-state index is -0.843. The van der Waals surface area contributed by atoms with Gasteiger partial charge in [-0.05, 0) is 89.9 Å². The Hall–Kier alpha value is -2.44. The van der Waals surface area contributed by atoms with Crippen LogP contribution in [0.5, 0.6) is 0 Å². The van der Waals surface area contributed by atoms with Crippen molar-refractivity contribution in [3.05, 3.63) is 60.8 Å². The molecule has 420 valence electrons.